The van der Waals surface area contributed by atoms with Crippen molar-refractivity contribution in [2.75, 3.05) is 42.7 Å². The maximum Gasteiger partial charge on any atom is 0.347 e. The number of likely N-dealkylation sites (N-methyl/N-ethyl adjacent to an activating group) is 1. The molecule has 4 heterocycles. The van der Waals surface area contributed by atoms with Crippen LogP contribution < -0.4 is 32.0 Å². The Labute approximate surface area is 253 Å². The molecule has 8 N–H and O–H groups in total. The maximum atomic E-state index is 13.2. The van der Waals surface area contributed by atoms with Gasteiger partial charge < -0.3 is 37.4 Å². The molecule has 2 amide bonds. The van der Waals surface area contributed by atoms with Crippen molar-refractivity contribution in [3.8, 4) is 0 Å². The number of hydrogen-bond acceptors (Lipinski definition) is 13. The van der Waals surface area contributed by atoms with E-state index in [9.17, 15) is 19.2 Å². The third-order valence-electron chi connectivity index (χ3n) is 6.30. The lowest BCUT2D eigenvalue weighted by Crippen LogP contribution is -2.70. The van der Waals surface area contributed by atoms with Crippen LogP contribution in [-0.2, 0) is 30.6 Å². The standard InChI is InChI=1S/C24H28ClN9O6S2/c1-11(23(38)39)40-32-17(16-19(25)42-24(27)31-16)20(36)30-18-21(37)34-15(9-35)12(10-41-22(18)34)7-33-6-3-14(13(26)8-33)29-5-4-28-2/h3,6,8-9,11,18,22,28H,4-5,7,10,26H2,1-2H3,(H4,27,30,31,36,38,39)/p+1/b32-17-/t11-,18?,22?/m0/s1. The van der Waals surface area contributed by atoms with Crippen molar-refractivity contribution in [1.29, 1.82) is 0 Å². The van der Waals surface area contributed by atoms with E-state index in [1.165, 1.54) is 23.6 Å². The van der Waals surface area contributed by atoms with Crippen molar-refractivity contribution in [2.45, 2.75) is 31.0 Å². The predicted octanol–water partition coefficient (Wildman–Crippen LogP) is -0.373. The van der Waals surface area contributed by atoms with E-state index in [0.29, 0.717) is 36.4 Å². The van der Waals surface area contributed by atoms with Crippen molar-refractivity contribution in [3.63, 3.8) is 0 Å². The largest absolute Gasteiger partial charge is 0.478 e. The molecule has 0 saturated carbocycles. The number of aliphatic carboxylic acids is 1. The number of halogens is 1. The highest BCUT2D eigenvalue weighted by atomic mass is 35.5. The Bertz CT molecular complexity index is 1470. The molecule has 1 fully saturated rings. The Morgan fingerprint density at radius 1 is 1.40 bits per heavy atom. The summed E-state index contributed by atoms with van der Waals surface area (Å²) in [6, 6.07) is 0.843. The Balaban J connectivity index is 1.49. The van der Waals surface area contributed by atoms with Crippen LogP contribution in [0.3, 0.4) is 0 Å². The number of allylic oxidation sites excluding steroid dienone is 1. The van der Waals surface area contributed by atoms with Crippen LogP contribution in [0.2, 0.25) is 4.34 Å². The second kappa shape index (κ2) is 13.4. The molecule has 18 heteroatoms. The van der Waals surface area contributed by atoms with Gasteiger partial charge >= 0.3 is 5.97 Å². The number of nitrogens with zero attached hydrogens (tertiary/aromatic N) is 4. The molecule has 0 spiro atoms. The molecule has 42 heavy (non-hydrogen) atoms. The van der Waals surface area contributed by atoms with Crippen molar-refractivity contribution < 1.29 is 33.7 Å². The van der Waals surface area contributed by atoms with Gasteiger partial charge in [-0.1, -0.05) is 28.1 Å². The molecular weight excluding hydrogens is 610 g/mol. The third kappa shape index (κ3) is 6.59. The number of carboxylic acid groups (broad SMARTS) is 1. The highest BCUT2D eigenvalue weighted by Crippen LogP contribution is 2.39. The van der Waals surface area contributed by atoms with Gasteiger partial charge in [0.1, 0.15) is 27.1 Å². The van der Waals surface area contributed by atoms with Gasteiger partial charge in [-0.25, -0.2) is 9.78 Å². The molecule has 0 aliphatic carbocycles. The minimum Gasteiger partial charge on any atom is -0.478 e. The van der Waals surface area contributed by atoms with Crippen LogP contribution >= 0.6 is 34.7 Å². The monoisotopic (exact) mass is 638 g/mol. The number of nitrogens with one attached hydrogen (secondary N) is 3. The number of nitrogens with two attached hydrogens (primary N) is 2. The van der Waals surface area contributed by atoms with Gasteiger partial charge in [0.05, 0.1) is 11.4 Å². The first kappa shape index (κ1) is 31.0. The average molecular weight is 639 g/mol. The zero-order valence-electron chi connectivity index (χ0n) is 22.5. The number of rotatable bonds is 13. The molecule has 0 radical (unpaired) electrons. The Hall–Kier alpha value is -3.93. The number of fused-ring (bicyclic) bond motifs is 1. The quantitative estimate of drug-likeness (QED) is 0.0413. The molecular formula is C24H29ClN9O6S2+. The van der Waals surface area contributed by atoms with E-state index in [2.05, 4.69) is 26.1 Å². The number of aldehydes is 1. The summed E-state index contributed by atoms with van der Waals surface area (Å²) in [6.07, 6.45) is 2.83. The van der Waals surface area contributed by atoms with Gasteiger partial charge in [-0.05, 0) is 14.0 Å². The number of carboxylic acids is 1. The van der Waals surface area contributed by atoms with Gasteiger partial charge in [0, 0.05) is 30.5 Å². The topological polar surface area (TPSA) is 218 Å². The number of thioether (sulfide) groups is 1. The molecule has 2 aromatic rings. The number of β-lactam (4-membered cyclic amide) rings is 1. The first-order chi connectivity index (χ1) is 20.0. The number of thiazole rings is 1. The number of pyridine rings is 1. The summed E-state index contributed by atoms with van der Waals surface area (Å²) in [7, 11) is 1.86. The number of hydrogen-bond donors (Lipinski definition) is 6. The number of amides is 2. The van der Waals surface area contributed by atoms with Crippen LogP contribution in [0.1, 0.15) is 12.6 Å². The fourth-order valence-electron chi connectivity index (χ4n) is 4.12. The molecule has 15 nitrogen and oxygen atoms in total. The predicted molar refractivity (Wildman–Crippen MR) is 158 cm³/mol. The minimum absolute atomic E-state index is 0.0253. The molecule has 224 valence electrons. The number of carbonyl (C=O) groups is 4. The molecule has 0 aromatic carbocycles. The average Bonchev–Trinajstić information content (AvgIpc) is 3.29. The second-order valence-electron chi connectivity index (χ2n) is 9.18. The van der Waals surface area contributed by atoms with Crippen molar-refractivity contribution in [2.24, 2.45) is 5.16 Å². The summed E-state index contributed by atoms with van der Waals surface area (Å²) in [5, 5.41) is 21.1. The molecule has 2 unspecified atom stereocenters. The van der Waals surface area contributed by atoms with Crippen molar-refractivity contribution >= 4 is 81.0 Å². The number of nitrogen functional groups attached to an aromatic ring is 2. The van der Waals surface area contributed by atoms with E-state index >= 15 is 0 Å². The zero-order chi connectivity index (χ0) is 30.6. The maximum absolute atomic E-state index is 13.2. The minimum atomic E-state index is -1.38. The van der Waals surface area contributed by atoms with Crippen LogP contribution in [0.4, 0.5) is 16.5 Å². The summed E-state index contributed by atoms with van der Waals surface area (Å²) in [6.45, 7) is 3.02. The number of oxime groups is 1. The lowest BCUT2D eigenvalue weighted by Gasteiger charge is -2.49. The first-order valence-corrected chi connectivity index (χ1v) is 14.8. The summed E-state index contributed by atoms with van der Waals surface area (Å²) in [5.41, 5.74) is 13.6. The zero-order valence-corrected chi connectivity index (χ0v) is 24.9. The highest BCUT2D eigenvalue weighted by Gasteiger charge is 2.53. The SMILES string of the molecule is CNCCNc1cc[n+](CC2=C(C=O)N3C(=O)C(NC(=O)/C(=N\O[C@@H](C)C(=O)O)c4nc(N)sc4Cl)C3SC2)cc1N. The van der Waals surface area contributed by atoms with Gasteiger partial charge in [0.15, 0.2) is 36.1 Å². The molecule has 2 aliphatic rings. The van der Waals surface area contributed by atoms with Gasteiger partial charge in [0.25, 0.3) is 11.8 Å². The van der Waals surface area contributed by atoms with Crippen LogP contribution in [0.5, 0.6) is 0 Å². The molecule has 3 atom stereocenters. The summed E-state index contributed by atoms with van der Waals surface area (Å²) in [4.78, 5) is 59.9. The third-order valence-corrected chi connectivity index (χ3v) is 8.72. The van der Waals surface area contributed by atoms with Crippen LogP contribution in [0, 0.1) is 0 Å². The Morgan fingerprint density at radius 2 is 2.17 bits per heavy atom. The van der Waals surface area contributed by atoms with E-state index in [0.717, 1.165) is 23.6 Å². The molecule has 1 saturated heterocycles. The Morgan fingerprint density at radius 3 is 2.79 bits per heavy atom. The molecule has 2 aromatic heterocycles. The van der Waals surface area contributed by atoms with Crippen molar-refractivity contribution in [1.82, 2.24) is 20.5 Å². The van der Waals surface area contributed by atoms with E-state index in [4.69, 9.17) is 33.0 Å². The highest BCUT2D eigenvalue weighted by molar-refractivity contribution is 8.00. The smallest absolute Gasteiger partial charge is 0.347 e. The fraction of sp³-hybridized carbons (Fsp3) is 0.375. The fourth-order valence-corrected chi connectivity index (χ4v) is 6.41. The Kier molecular flexibility index (Phi) is 9.87. The lowest BCUT2D eigenvalue weighted by molar-refractivity contribution is -0.688. The van der Waals surface area contributed by atoms with Gasteiger partial charge in [0.2, 0.25) is 6.10 Å². The normalized spacial score (nSPS) is 19.1. The van der Waals surface area contributed by atoms with Gasteiger partial charge in [-0.2, -0.15) is 4.57 Å². The summed E-state index contributed by atoms with van der Waals surface area (Å²) >= 11 is 8.41. The first-order valence-electron chi connectivity index (χ1n) is 12.5. The molecule has 2 aliphatic heterocycles. The van der Waals surface area contributed by atoms with Crippen LogP contribution in [0.15, 0.2) is 34.9 Å². The van der Waals surface area contributed by atoms with Crippen LogP contribution in [0.25, 0.3) is 0 Å². The lowest BCUT2D eigenvalue weighted by atomic mass is 10.0. The van der Waals surface area contributed by atoms with E-state index < -0.39 is 41.0 Å². The summed E-state index contributed by atoms with van der Waals surface area (Å²) < 4.78 is 1.85. The molecule has 0 bridgehead atoms. The van der Waals surface area contributed by atoms with Gasteiger partial charge in [-0.3, -0.25) is 19.3 Å². The number of anilines is 3. The van der Waals surface area contributed by atoms with E-state index in [-0.39, 0.29) is 20.9 Å². The number of carbonyl (C=O) groups excluding carboxylic acids is 3. The van der Waals surface area contributed by atoms with Crippen LogP contribution in [-0.4, -0.2) is 88.2 Å². The molecule has 4 rings (SSSR count). The number of aromatic nitrogens is 2. The van der Waals surface area contributed by atoms with Crippen molar-refractivity contribution in [3.05, 3.63) is 39.8 Å². The van der Waals surface area contributed by atoms with E-state index in [1.807, 2.05) is 23.9 Å². The second-order valence-corrected chi connectivity index (χ2v) is 11.9. The summed E-state index contributed by atoms with van der Waals surface area (Å²) in [5.74, 6) is -2.28. The van der Waals surface area contributed by atoms with E-state index in [1.54, 1.807) is 6.20 Å². The van der Waals surface area contributed by atoms with Gasteiger partial charge in [-0.15, -0.1) is 11.8 Å².